The van der Waals surface area contributed by atoms with Crippen LogP contribution >= 0.6 is 0 Å². The predicted molar refractivity (Wildman–Crippen MR) is 88.2 cm³/mol. The molecule has 1 aliphatic carbocycles. The SMILES string of the molecule is O=C(C1CC(O)C1)N1CCCC2(CCN(c3cccnc3)C2=O)C1. The molecule has 2 saturated heterocycles. The van der Waals surface area contributed by atoms with Crippen molar-refractivity contribution in [1.82, 2.24) is 9.88 Å². The van der Waals surface area contributed by atoms with Crippen molar-refractivity contribution in [3.05, 3.63) is 24.5 Å². The van der Waals surface area contributed by atoms with E-state index in [4.69, 9.17) is 0 Å². The monoisotopic (exact) mass is 329 g/mol. The molecule has 1 aromatic rings. The van der Waals surface area contributed by atoms with Crippen LogP contribution in [-0.4, -0.2) is 52.5 Å². The fraction of sp³-hybridized carbons (Fsp3) is 0.611. The molecule has 3 aliphatic rings. The van der Waals surface area contributed by atoms with Gasteiger partial charge in [-0.2, -0.15) is 0 Å². The van der Waals surface area contributed by atoms with E-state index >= 15 is 0 Å². The molecule has 6 heteroatoms. The van der Waals surface area contributed by atoms with Gasteiger partial charge < -0.3 is 14.9 Å². The van der Waals surface area contributed by atoms with E-state index in [1.54, 1.807) is 12.4 Å². The van der Waals surface area contributed by atoms with Crippen molar-refractivity contribution in [1.29, 1.82) is 0 Å². The number of hydrogen-bond donors (Lipinski definition) is 1. The van der Waals surface area contributed by atoms with Gasteiger partial charge in [0.05, 0.1) is 23.4 Å². The molecule has 6 nitrogen and oxygen atoms in total. The highest BCUT2D eigenvalue weighted by atomic mass is 16.3. The third-order valence-electron chi connectivity index (χ3n) is 5.82. The number of amides is 2. The van der Waals surface area contributed by atoms with Crippen LogP contribution in [0.3, 0.4) is 0 Å². The molecule has 3 heterocycles. The van der Waals surface area contributed by atoms with Crippen LogP contribution in [-0.2, 0) is 9.59 Å². The normalized spacial score (nSPS) is 33.0. The topological polar surface area (TPSA) is 73.7 Å². The minimum absolute atomic E-state index is 0.0546. The van der Waals surface area contributed by atoms with Gasteiger partial charge in [-0.1, -0.05) is 0 Å². The summed E-state index contributed by atoms with van der Waals surface area (Å²) in [6.07, 6.45) is 6.74. The first-order valence-electron chi connectivity index (χ1n) is 8.78. The van der Waals surface area contributed by atoms with Gasteiger partial charge in [0.1, 0.15) is 0 Å². The molecule has 128 valence electrons. The number of aromatic nitrogens is 1. The van der Waals surface area contributed by atoms with E-state index in [9.17, 15) is 14.7 Å². The number of nitrogens with zero attached hydrogens (tertiary/aromatic N) is 3. The van der Waals surface area contributed by atoms with E-state index in [1.807, 2.05) is 21.9 Å². The third-order valence-corrected chi connectivity index (χ3v) is 5.82. The van der Waals surface area contributed by atoms with Gasteiger partial charge in [-0.15, -0.1) is 0 Å². The molecule has 1 saturated carbocycles. The molecule has 4 rings (SSSR count). The maximum Gasteiger partial charge on any atom is 0.235 e. The Morgan fingerprint density at radius 3 is 2.83 bits per heavy atom. The molecule has 1 N–H and O–H groups in total. The summed E-state index contributed by atoms with van der Waals surface area (Å²) in [4.78, 5) is 33.5. The van der Waals surface area contributed by atoms with Crippen LogP contribution in [0.2, 0.25) is 0 Å². The Labute approximate surface area is 141 Å². The Kier molecular flexibility index (Phi) is 3.79. The first-order valence-corrected chi connectivity index (χ1v) is 8.78. The second-order valence-corrected chi connectivity index (χ2v) is 7.38. The number of carbonyl (C=O) groups excluding carboxylic acids is 2. The molecule has 1 aromatic heterocycles. The Hall–Kier alpha value is -1.95. The van der Waals surface area contributed by atoms with Crippen molar-refractivity contribution in [2.24, 2.45) is 11.3 Å². The molecular weight excluding hydrogens is 306 g/mol. The largest absolute Gasteiger partial charge is 0.393 e. The minimum Gasteiger partial charge on any atom is -0.393 e. The van der Waals surface area contributed by atoms with Crippen LogP contribution in [0, 0.1) is 11.3 Å². The van der Waals surface area contributed by atoms with Gasteiger partial charge in [-0.05, 0) is 44.2 Å². The van der Waals surface area contributed by atoms with Crippen molar-refractivity contribution in [3.8, 4) is 0 Å². The summed E-state index contributed by atoms with van der Waals surface area (Å²) in [6.45, 7) is 1.94. The zero-order valence-corrected chi connectivity index (χ0v) is 13.7. The number of rotatable bonds is 2. The van der Waals surface area contributed by atoms with E-state index in [1.165, 1.54) is 0 Å². The summed E-state index contributed by atoms with van der Waals surface area (Å²) in [7, 11) is 0. The number of aliphatic hydroxyl groups excluding tert-OH is 1. The number of hydrogen-bond acceptors (Lipinski definition) is 4. The molecule has 3 fully saturated rings. The first-order chi connectivity index (χ1) is 11.6. The molecule has 2 amide bonds. The van der Waals surface area contributed by atoms with Crippen LogP contribution in [0.25, 0.3) is 0 Å². The average molecular weight is 329 g/mol. The number of likely N-dealkylation sites (tertiary alicyclic amines) is 1. The smallest absolute Gasteiger partial charge is 0.235 e. The summed E-state index contributed by atoms with van der Waals surface area (Å²) in [5.74, 6) is 0.190. The summed E-state index contributed by atoms with van der Waals surface area (Å²) < 4.78 is 0. The average Bonchev–Trinajstić information content (AvgIpc) is 2.89. The third kappa shape index (κ3) is 2.49. The number of carbonyl (C=O) groups is 2. The highest BCUT2D eigenvalue weighted by Crippen LogP contribution is 2.42. The van der Waals surface area contributed by atoms with Gasteiger partial charge in [0.2, 0.25) is 11.8 Å². The van der Waals surface area contributed by atoms with Crippen molar-refractivity contribution in [2.75, 3.05) is 24.5 Å². The molecule has 1 atom stereocenters. The predicted octanol–water partition coefficient (Wildman–Crippen LogP) is 1.20. The first kappa shape index (κ1) is 15.6. The standard InChI is InChI=1S/C18H23N3O3/c22-15-9-13(10-15)16(23)20-7-2-4-18(12-20)5-8-21(17(18)24)14-3-1-6-19-11-14/h1,3,6,11,13,15,22H,2,4-5,7-10,12H2. The molecule has 0 radical (unpaired) electrons. The number of pyridine rings is 1. The van der Waals surface area contributed by atoms with Crippen LogP contribution in [0.1, 0.15) is 32.1 Å². The van der Waals surface area contributed by atoms with Crippen LogP contribution in [0.15, 0.2) is 24.5 Å². The summed E-state index contributed by atoms with van der Waals surface area (Å²) in [6, 6.07) is 3.75. The van der Waals surface area contributed by atoms with Gasteiger partial charge in [0, 0.05) is 31.7 Å². The van der Waals surface area contributed by atoms with Crippen molar-refractivity contribution >= 4 is 17.5 Å². The summed E-state index contributed by atoms with van der Waals surface area (Å²) in [5.41, 5.74) is 0.400. The Balaban J connectivity index is 1.49. The van der Waals surface area contributed by atoms with Crippen LogP contribution in [0.5, 0.6) is 0 Å². The van der Waals surface area contributed by atoms with Crippen molar-refractivity contribution in [3.63, 3.8) is 0 Å². The Morgan fingerprint density at radius 1 is 1.29 bits per heavy atom. The van der Waals surface area contributed by atoms with Gasteiger partial charge in [0.15, 0.2) is 0 Å². The number of piperidine rings is 1. The van der Waals surface area contributed by atoms with E-state index < -0.39 is 5.41 Å². The van der Waals surface area contributed by atoms with Gasteiger partial charge >= 0.3 is 0 Å². The zero-order valence-electron chi connectivity index (χ0n) is 13.7. The lowest BCUT2D eigenvalue weighted by atomic mass is 9.76. The molecular formula is C18H23N3O3. The lowest BCUT2D eigenvalue weighted by Crippen LogP contribution is -2.53. The Morgan fingerprint density at radius 2 is 2.12 bits per heavy atom. The van der Waals surface area contributed by atoms with Crippen LogP contribution < -0.4 is 4.90 Å². The second-order valence-electron chi connectivity index (χ2n) is 7.38. The maximum atomic E-state index is 13.1. The van der Waals surface area contributed by atoms with E-state index in [0.29, 0.717) is 25.9 Å². The maximum absolute atomic E-state index is 13.1. The summed E-state index contributed by atoms with van der Waals surface area (Å²) >= 11 is 0. The van der Waals surface area contributed by atoms with E-state index in [-0.39, 0.29) is 23.8 Å². The quantitative estimate of drug-likeness (QED) is 0.885. The molecule has 1 spiro atoms. The lowest BCUT2D eigenvalue weighted by molar-refractivity contribution is -0.147. The Bertz CT molecular complexity index is 644. The molecule has 0 bridgehead atoms. The second kappa shape index (κ2) is 5.84. The molecule has 1 unspecified atom stereocenters. The minimum atomic E-state index is -0.438. The van der Waals surface area contributed by atoms with Gasteiger partial charge in [0.25, 0.3) is 0 Å². The van der Waals surface area contributed by atoms with Gasteiger partial charge in [-0.25, -0.2) is 0 Å². The van der Waals surface area contributed by atoms with Gasteiger partial charge in [-0.3, -0.25) is 14.6 Å². The number of anilines is 1. The number of aliphatic hydroxyl groups is 1. The molecule has 2 aliphatic heterocycles. The molecule has 24 heavy (non-hydrogen) atoms. The fourth-order valence-electron chi connectivity index (χ4n) is 4.33. The van der Waals surface area contributed by atoms with E-state index in [2.05, 4.69) is 4.98 Å². The van der Waals surface area contributed by atoms with E-state index in [0.717, 1.165) is 31.5 Å². The molecule has 0 aromatic carbocycles. The van der Waals surface area contributed by atoms with Crippen molar-refractivity contribution in [2.45, 2.75) is 38.2 Å². The highest BCUT2D eigenvalue weighted by molar-refractivity contribution is 6.00. The summed E-state index contributed by atoms with van der Waals surface area (Å²) in [5, 5.41) is 9.44. The van der Waals surface area contributed by atoms with Crippen LogP contribution in [0.4, 0.5) is 5.69 Å². The fourth-order valence-corrected chi connectivity index (χ4v) is 4.33. The highest BCUT2D eigenvalue weighted by Gasteiger charge is 2.51. The lowest BCUT2D eigenvalue weighted by Gasteiger charge is -2.42. The zero-order chi connectivity index (χ0) is 16.7. The van der Waals surface area contributed by atoms with Crippen molar-refractivity contribution < 1.29 is 14.7 Å².